The first-order valence-electron chi connectivity index (χ1n) is 7.64. The second-order valence-corrected chi connectivity index (χ2v) is 5.41. The number of benzene rings is 2. The Hall–Kier alpha value is -1.98. The van der Waals surface area contributed by atoms with E-state index in [1.54, 1.807) is 37.3 Å². The Labute approximate surface area is 134 Å². The lowest BCUT2D eigenvalue weighted by Gasteiger charge is -2.22. The van der Waals surface area contributed by atoms with Gasteiger partial charge in [-0.25, -0.2) is 8.78 Å². The lowest BCUT2D eigenvalue weighted by molar-refractivity contribution is 0.238. The predicted molar refractivity (Wildman–Crippen MR) is 85.6 cm³/mol. The summed E-state index contributed by atoms with van der Waals surface area (Å²) < 4.78 is 34.1. The smallest absolute Gasteiger partial charge is 0.198 e. The zero-order valence-corrected chi connectivity index (χ0v) is 13.2. The van der Waals surface area contributed by atoms with Crippen LogP contribution in [0.25, 0.3) is 0 Å². The summed E-state index contributed by atoms with van der Waals surface area (Å²) in [6.45, 7) is 3.63. The van der Waals surface area contributed by atoms with Crippen LogP contribution in [0.2, 0.25) is 0 Å². The van der Waals surface area contributed by atoms with Crippen LogP contribution in [0.3, 0.4) is 0 Å². The molecular formula is C18H21F2NO2. The summed E-state index contributed by atoms with van der Waals surface area (Å²) in [6.07, 6.45) is 0.595. The summed E-state index contributed by atoms with van der Waals surface area (Å²) in [7, 11) is 0. The van der Waals surface area contributed by atoms with Gasteiger partial charge in [0.1, 0.15) is 5.75 Å². The largest absolute Gasteiger partial charge is 0.451 e. The normalized spacial score (nSPS) is 13.6. The SMILES string of the molecule is CC[C@@H](N[C@@H](C)CO)c1ccc(F)c(Oc2ccccc2)c1F. The molecular weight excluding hydrogens is 300 g/mol. The van der Waals surface area contributed by atoms with Crippen molar-refractivity contribution in [3.63, 3.8) is 0 Å². The van der Waals surface area contributed by atoms with E-state index < -0.39 is 17.4 Å². The third-order valence-electron chi connectivity index (χ3n) is 3.59. The molecule has 0 amide bonds. The van der Waals surface area contributed by atoms with Crippen molar-refractivity contribution in [1.82, 2.24) is 5.32 Å². The van der Waals surface area contributed by atoms with Crippen LogP contribution >= 0.6 is 0 Å². The van der Waals surface area contributed by atoms with Crippen molar-refractivity contribution in [2.45, 2.75) is 32.4 Å². The number of hydrogen-bond acceptors (Lipinski definition) is 3. The lowest BCUT2D eigenvalue weighted by Crippen LogP contribution is -2.33. The molecule has 0 aliphatic rings. The molecule has 0 fully saturated rings. The summed E-state index contributed by atoms with van der Waals surface area (Å²) in [5, 5.41) is 12.3. The average molecular weight is 321 g/mol. The van der Waals surface area contributed by atoms with E-state index in [4.69, 9.17) is 9.84 Å². The highest BCUT2D eigenvalue weighted by Gasteiger charge is 2.22. The Morgan fingerprint density at radius 2 is 1.83 bits per heavy atom. The predicted octanol–water partition coefficient (Wildman–Crippen LogP) is 4.18. The minimum absolute atomic E-state index is 0.0628. The highest BCUT2D eigenvalue weighted by atomic mass is 19.1. The molecule has 0 saturated carbocycles. The van der Waals surface area contributed by atoms with Gasteiger partial charge in [-0.2, -0.15) is 0 Å². The number of hydrogen-bond donors (Lipinski definition) is 2. The van der Waals surface area contributed by atoms with Crippen LogP contribution in [0.15, 0.2) is 42.5 Å². The molecule has 2 aromatic carbocycles. The van der Waals surface area contributed by atoms with E-state index in [9.17, 15) is 8.78 Å². The standard InChI is InChI=1S/C18H21F2NO2/c1-3-16(21-12(2)11-22)14-9-10-15(19)18(17(14)20)23-13-7-5-4-6-8-13/h4-10,12,16,21-22H,3,11H2,1-2H3/t12-,16+/m0/s1. The van der Waals surface area contributed by atoms with Gasteiger partial charge in [0.15, 0.2) is 17.4 Å². The number of halogens is 2. The minimum atomic E-state index is -0.750. The molecule has 23 heavy (non-hydrogen) atoms. The summed E-state index contributed by atoms with van der Waals surface area (Å²) >= 11 is 0. The molecule has 2 aromatic rings. The number of aliphatic hydroxyl groups is 1. The Bertz CT molecular complexity index is 634. The Kier molecular flexibility index (Phi) is 6.07. The van der Waals surface area contributed by atoms with Crippen molar-refractivity contribution in [2.75, 3.05) is 6.61 Å². The fourth-order valence-electron chi connectivity index (χ4n) is 2.34. The number of aliphatic hydroxyl groups excluding tert-OH is 1. The fourth-order valence-corrected chi connectivity index (χ4v) is 2.34. The summed E-state index contributed by atoms with van der Waals surface area (Å²) in [5.74, 6) is -1.52. The minimum Gasteiger partial charge on any atom is -0.451 e. The Morgan fingerprint density at radius 3 is 2.43 bits per heavy atom. The molecule has 0 radical (unpaired) electrons. The molecule has 0 unspecified atom stereocenters. The van der Waals surface area contributed by atoms with Gasteiger partial charge in [0.2, 0.25) is 0 Å². The van der Waals surface area contributed by atoms with Gasteiger partial charge in [0, 0.05) is 17.6 Å². The molecule has 0 aliphatic heterocycles. The molecule has 0 spiro atoms. The first-order chi connectivity index (χ1) is 11.1. The van der Waals surface area contributed by atoms with E-state index >= 15 is 0 Å². The van der Waals surface area contributed by atoms with Crippen LogP contribution in [0, 0.1) is 11.6 Å². The van der Waals surface area contributed by atoms with Gasteiger partial charge in [0.25, 0.3) is 0 Å². The third-order valence-corrected chi connectivity index (χ3v) is 3.59. The zero-order valence-electron chi connectivity index (χ0n) is 13.2. The van der Waals surface area contributed by atoms with E-state index in [2.05, 4.69) is 5.32 Å². The van der Waals surface area contributed by atoms with Crippen molar-refractivity contribution in [1.29, 1.82) is 0 Å². The molecule has 0 aromatic heterocycles. The van der Waals surface area contributed by atoms with Crippen LogP contribution < -0.4 is 10.1 Å². The van der Waals surface area contributed by atoms with Crippen LogP contribution in [0.1, 0.15) is 31.9 Å². The van der Waals surface area contributed by atoms with Crippen LogP contribution in [0.5, 0.6) is 11.5 Å². The van der Waals surface area contributed by atoms with Crippen LogP contribution in [-0.4, -0.2) is 17.8 Å². The van der Waals surface area contributed by atoms with Crippen LogP contribution in [-0.2, 0) is 0 Å². The lowest BCUT2D eigenvalue weighted by atomic mass is 10.0. The molecule has 2 N–H and O–H groups in total. The van der Waals surface area contributed by atoms with E-state index in [0.29, 0.717) is 17.7 Å². The maximum Gasteiger partial charge on any atom is 0.198 e. The maximum atomic E-state index is 14.7. The van der Waals surface area contributed by atoms with E-state index in [0.717, 1.165) is 0 Å². The Balaban J connectivity index is 2.33. The molecule has 0 aliphatic carbocycles. The van der Waals surface area contributed by atoms with Gasteiger partial charge in [-0.05, 0) is 31.5 Å². The van der Waals surface area contributed by atoms with Gasteiger partial charge >= 0.3 is 0 Å². The van der Waals surface area contributed by atoms with Gasteiger partial charge in [0.05, 0.1) is 6.61 Å². The maximum absolute atomic E-state index is 14.7. The highest BCUT2D eigenvalue weighted by molar-refractivity contribution is 5.38. The molecule has 0 bridgehead atoms. The topological polar surface area (TPSA) is 41.5 Å². The van der Waals surface area contributed by atoms with Crippen molar-refractivity contribution < 1.29 is 18.6 Å². The van der Waals surface area contributed by atoms with Crippen LogP contribution in [0.4, 0.5) is 8.78 Å². The average Bonchev–Trinajstić information content (AvgIpc) is 2.57. The first kappa shape index (κ1) is 17.4. The number of rotatable bonds is 7. The first-order valence-corrected chi connectivity index (χ1v) is 7.64. The van der Waals surface area contributed by atoms with E-state index in [1.165, 1.54) is 12.1 Å². The quantitative estimate of drug-likeness (QED) is 0.804. The second-order valence-electron chi connectivity index (χ2n) is 5.41. The summed E-state index contributed by atoms with van der Waals surface area (Å²) in [6, 6.07) is 10.6. The Morgan fingerprint density at radius 1 is 1.13 bits per heavy atom. The zero-order chi connectivity index (χ0) is 16.8. The van der Waals surface area contributed by atoms with Gasteiger partial charge in [-0.3, -0.25) is 0 Å². The second kappa shape index (κ2) is 8.04. The van der Waals surface area contributed by atoms with Crippen molar-refractivity contribution in [3.05, 3.63) is 59.7 Å². The highest BCUT2D eigenvalue weighted by Crippen LogP contribution is 2.33. The van der Waals surface area contributed by atoms with Crippen molar-refractivity contribution >= 4 is 0 Å². The number of para-hydroxylation sites is 1. The van der Waals surface area contributed by atoms with E-state index in [-0.39, 0.29) is 18.7 Å². The molecule has 124 valence electrons. The molecule has 2 atom stereocenters. The van der Waals surface area contributed by atoms with Gasteiger partial charge in [-0.1, -0.05) is 31.2 Å². The summed E-state index contributed by atoms with van der Waals surface area (Å²) in [4.78, 5) is 0. The molecule has 3 nitrogen and oxygen atoms in total. The van der Waals surface area contributed by atoms with Crippen molar-refractivity contribution in [3.8, 4) is 11.5 Å². The summed E-state index contributed by atoms with van der Waals surface area (Å²) in [5.41, 5.74) is 0.320. The molecule has 5 heteroatoms. The molecule has 0 heterocycles. The van der Waals surface area contributed by atoms with Crippen molar-refractivity contribution in [2.24, 2.45) is 0 Å². The third kappa shape index (κ3) is 4.27. The molecule has 2 rings (SSSR count). The monoisotopic (exact) mass is 321 g/mol. The number of ether oxygens (including phenoxy) is 1. The van der Waals surface area contributed by atoms with Gasteiger partial charge in [-0.15, -0.1) is 0 Å². The van der Waals surface area contributed by atoms with E-state index in [1.807, 2.05) is 6.92 Å². The van der Waals surface area contributed by atoms with Gasteiger partial charge < -0.3 is 15.2 Å². The molecule has 0 saturated heterocycles. The number of nitrogens with one attached hydrogen (secondary N) is 1. The fraction of sp³-hybridized carbons (Fsp3) is 0.333.